The van der Waals surface area contributed by atoms with Crippen LogP contribution in [0.5, 0.6) is 0 Å². The van der Waals surface area contributed by atoms with Crippen molar-refractivity contribution in [2.75, 3.05) is 12.1 Å². The lowest BCUT2D eigenvalue weighted by Gasteiger charge is -2.16. The molecule has 0 bridgehead atoms. The number of halogens is 1. The fourth-order valence-corrected chi connectivity index (χ4v) is 1.62. The topological polar surface area (TPSA) is 63.2 Å². The molecule has 0 rings (SSSR count). The predicted molar refractivity (Wildman–Crippen MR) is 61.9 cm³/mol. The Hall–Kier alpha value is -0.290. The van der Waals surface area contributed by atoms with Crippen molar-refractivity contribution in [2.24, 2.45) is 0 Å². The maximum atomic E-state index is 11.4. The largest absolute Gasteiger partial charge is 0.353 e. The number of hydrogen-bond donors (Lipinski definition) is 1. The van der Waals surface area contributed by atoms with Gasteiger partial charge in [-0.3, -0.25) is 4.79 Å². The van der Waals surface area contributed by atoms with Crippen molar-refractivity contribution in [3.63, 3.8) is 0 Å². The first-order valence-electron chi connectivity index (χ1n) is 4.84. The molecule has 1 N–H and O–H groups in total. The van der Waals surface area contributed by atoms with Crippen molar-refractivity contribution in [3.05, 3.63) is 0 Å². The summed E-state index contributed by atoms with van der Waals surface area (Å²) in [5, 5.41) is 1.65. The monoisotopic (exact) mass is 255 g/mol. The summed E-state index contributed by atoms with van der Waals surface area (Å²) in [5.41, 5.74) is 0. The average Bonchev–Trinajstić information content (AvgIpc) is 2.11. The van der Waals surface area contributed by atoms with E-state index in [0.29, 0.717) is 5.88 Å². The Morgan fingerprint density at radius 2 is 1.93 bits per heavy atom. The highest BCUT2D eigenvalue weighted by atomic mass is 35.5. The average molecular weight is 256 g/mol. The first kappa shape index (κ1) is 14.7. The molecule has 90 valence electrons. The number of sulfone groups is 1. The number of alkyl halides is 1. The van der Waals surface area contributed by atoms with Gasteiger partial charge in [0.15, 0.2) is 9.84 Å². The molecule has 0 heterocycles. The number of carbonyl (C=O) groups is 1. The van der Waals surface area contributed by atoms with E-state index in [1.807, 2.05) is 6.92 Å². The SMILES string of the molecule is CC(CCCCl)NC(=O)C(C)S(C)(=O)=O. The Kier molecular flexibility index (Phi) is 6.20. The molecule has 0 aromatic carbocycles. The van der Waals surface area contributed by atoms with Crippen molar-refractivity contribution in [1.82, 2.24) is 5.32 Å². The molecule has 6 heteroatoms. The fraction of sp³-hybridized carbons (Fsp3) is 0.889. The summed E-state index contributed by atoms with van der Waals surface area (Å²) in [6.45, 7) is 3.22. The van der Waals surface area contributed by atoms with E-state index in [-0.39, 0.29) is 6.04 Å². The number of nitrogens with one attached hydrogen (secondary N) is 1. The number of carbonyl (C=O) groups excluding carboxylic acids is 1. The molecule has 15 heavy (non-hydrogen) atoms. The minimum atomic E-state index is -3.31. The lowest BCUT2D eigenvalue weighted by atomic mass is 10.2. The van der Waals surface area contributed by atoms with Gasteiger partial charge in [-0.15, -0.1) is 11.6 Å². The molecule has 0 aliphatic carbocycles. The van der Waals surface area contributed by atoms with Crippen LogP contribution in [-0.4, -0.2) is 37.8 Å². The zero-order valence-corrected chi connectivity index (χ0v) is 10.9. The summed E-state index contributed by atoms with van der Waals surface area (Å²) >= 11 is 5.51. The van der Waals surface area contributed by atoms with Crippen molar-refractivity contribution >= 4 is 27.3 Å². The van der Waals surface area contributed by atoms with Gasteiger partial charge < -0.3 is 5.32 Å². The van der Waals surface area contributed by atoms with Crippen molar-refractivity contribution in [2.45, 2.75) is 38.0 Å². The van der Waals surface area contributed by atoms with Gasteiger partial charge >= 0.3 is 0 Å². The molecule has 0 aromatic heterocycles. The Labute approximate surface area is 96.3 Å². The van der Waals surface area contributed by atoms with Gasteiger partial charge in [-0.2, -0.15) is 0 Å². The fourth-order valence-electron chi connectivity index (χ4n) is 1.01. The van der Waals surface area contributed by atoms with Crippen molar-refractivity contribution < 1.29 is 13.2 Å². The highest BCUT2D eigenvalue weighted by Crippen LogP contribution is 2.02. The van der Waals surface area contributed by atoms with Gasteiger partial charge in [0, 0.05) is 18.2 Å². The van der Waals surface area contributed by atoms with Crippen LogP contribution in [0, 0.1) is 0 Å². The minimum Gasteiger partial charge on any atom is -0.353 e. The lowest BCUT2D eigenvalue weighted by Crippen LogP contribution is -2.41. The van der Waals surface area contributed by atoms with Gasteiger partial charge in [-0.25, -0.2) is 8.42 Å². The van der Waals surface area contributed by atoms with Gasteiger partial charge in [-0.1, -0.05) is 0 Å². The molecule has 0 spiro atoms. The maximum Gasteiger partial charge on any atom is 0.238 e. The second-order valence-corrected chi connectivity index (χ2v) is 6.46. The van der Waals surface area contributed by atoms with E-state index in [2.05, 4.69) is 5.32 Å². The lowest BCUT2D eigenvalue weighted by molar-refractivity contribution is -0.121. The van der Waals surface area contributed by atoms with Crippen LogP contribution in [0.2, 0.25) is 0 Å². The summed E-state index contributed by atoms with van der Waals surface area (Å²) in [4.78, 5) is 11.4. The normalized spacial score (nSPS) is 15.7. The molecular weight excluding hydrogens is 238 g/mol. The second-order valence-electron chi connectivity index (χ2n) is 3.71. The van der Waals surface area contributed by atoms with Crippen LogP contribution < -0.4 is 5.32 Å². The second kappa shape index (κ2) is 6.33. The number of rotatable bonds is 6. The van der Waals surface area contributed by atoms with Gasteiger partial charge in [0.1, 0.15) is 5.25 Å². The zero-order chi connectivity index (χ0) is 12.1. The molecule has 0 fully saturated rings. The molecule has 0 aromatic rings. The molecular formula is C9H18ClNO3S. The van der Waals surface area contributed by atoms with E-state index in [1.165, 1.54) is 6.92 Å². The third-order valence-corrected chi connectivity index (χ3v) is 3.94. The van der Waals surface area contributed by atoms with Gasteiger partial charge in [0.05, 0.1) is 0 Å². The smallest absolute Gasteiger partial charge is 0.238 e. The summed E-state index contributed by atoms with van der Waals surface area (Å²) < 4.78 is 22.2. The maximum absolute atomic E-state index is 11.4. The van der Waals surface area contributed by atoms with E-state index in [0.717, 1.165) is 19.1 Å². The quantitative estimate of drug-likeness (QED) is 0.719. The van der Waals surface area contributed by atoms with Crippen molar-refractivity contribution in [3.8, 4) is 0 Å². The van der Waals surface area contributed by atoms with Crippen molar-refractivity contribution in [1.29, 1.82) is 0 Å². The minimum absolute atomic E-state index is 0.0413. The highest BCUT2D eigenvalue weighted by molar-refractivity contribution is 7.92. The highest BCUT2D eigenvalue weighted by Gasteiger charge is 2.24. The van der Waals surface area contributed by atoms with Crippen LogP contribution >= 0.6 is 11.6 Å². The van der Waals surface area contributed by atoms with Crippen LogP contribution in [0.3, 0.4) is 0 Å². The Morgan fingerprint density at radius 3 is 2.33 bits per heavy atom. The zero-order valence-electron chi connectivity index (χ0n) is 9.29. The molecule has 0 saturated carbocycles. The summed E-state index contributed by atoms with van der Waals surface area (Å²) in [6.07, 6.45) is 2.61. The predicted octanol–water partition coefficient (Wildman–Crippen LogP) is 0.943. The third kappa shape index (κ3) is 5.99. The third-order valence-electron chi connectivity index (χ3n) is 2.17. The standard InChI is InChI=1S/C9H18ClNO3S/c1-7(5-4-6-10)11-9(12)8(2)15(3,13)14/h7-8H,4-6H2,1-3H3,(H,11,12). The van der Waals surface area contributed by atoms with E-state index in [4.69, 9.17) is 11.6 Å². The molecule has 1 amide bonds. The van der Waals surface area contributed by atoms with Crippen LogP contribution in [-0.2, 0) is 14.6 Å². The molecule has 4 nitrogen and oxygen atoms in total. The van der Waals surface area contributed by atoms with Crippen LogP contribution in [0.25, 0.3) is 0 Å². The van der Waals surface area contributed by atoms with E-state index in [1.54, 1.807) is 0 Å². The first-order valence-corrected chi connectivity index (χ1v) is 7.33. The molecule has 0 saturated heterocycles. The first-order chi connectivity index (χ1) is 6.79. The van der Waals surface area contributed by atoms with Crippen LogP contribution in [0.4, 0.5) is 0 Å². The van der Waals surface area contributed by atoms with Crippen LogP contribution in [0.15, 0.2) is 0 Å². The van der Waals surface area contributed by atoms with Crippen LogP contribution in [0.1, 0.15) is 26.7 Å². The summed E-state index contributed by atoms with van der Waals surface area (Å²) in [6, 6.07) is -0.0413. The van der Waals surface area contributed by atoms with Gasteiger partial charge in [0.2, 0.25) is 5.91 Å². The number of hydrogen-bond acceptors (Lipinski definition) is 3. The Bertz CT molecular complexity index is 302. The molecule has 2 atom stereocenters. The number of amides is 1. The summed E-state index contributed by atoms with van der Waals surface area (Å²) in [5.74, 6) is 0.0987. The van der Waals surface area contributed by atoms with Gasteiger partial charge in [0.25, 0.3) is 0 Å². The van der Waals surface area contributed by atoms with Gasteiger partial charge in [-0.05, 0) is 26.7 Å². The van der Waals surface area contributed by atoms with E-state index < -0.39 is 21.0 Å². The Balaban J connectivity index is 4.14. The molecule has 0 aliphatic heterocycles. The Morgan fingerprint density at radius 1 is 1.40 bits per heavy atom. The molecule has 0 aliphatic rings. The molecule has 0 radical (unpaired) electrons. The summed E-state index contributed by atoms with van der Waals surface area (Å²) in [7, 11) is -3.31. The van der Waals surface area contributed by atoms with E-state index in [9.17, 15) is 13.2 Å². The van der Waals surface area contributed by atoms with E-state index >= 15 is 0 Å². The molecule has 2 unspecified atom stereocenters.